The van der Waals surface area contributed by atoms with Gasteiger partial charge in [0, 0.05) is 18.7 Å². The van der Waals surface area contributed by atoms with E-state index in [0.29, 0.717) is 77.1 Å². The zero-order valence-corrected chi connectivity index (χ0v) is 25.8. The molecule has 0 radical (unpaired) electrons. The van der Waals surface area contributed by atoms with Crippen molar-refractivity contribution in [3.05, 3.63) is 71.8 Å². The fourth-order valence-electron chi connectivity index (χ4n) is 4.16. The molecule has 0 atom stereocenters. The summed E-state index contributed by atoms with van der Waals surface area (Å²) in [4.78, 5) is 24.1. The van der Waals surface area contributed by atoms with Crippen LogP contribution in [0.1, 0.15) is 36.7 Å². The Kier molecular flexibility index (Phi) is 14.1. The quantitative estimate of drug-likeness (QED) is 0.180. The van der Waals surface area contributed by atoms with Crippen LogP contribution in [0.4, 0.5) is 18.0 Å². The Hall–Kier alpha value is -3.71. The van der Waals surface area contributed by atoms with Crippen LogP contribution in [0, 0.1) is 0 Å². The molecule has 0 aliphatic heterocycles. The molecule has 9 nitrogen and oxygen atoms in total. The molecule has 0 unspecified atom stereocenters. The molecule has 0 saturated carbocycles. The van der Waals surface area contributed by atoms with Crippen molar-refractivity contribution in [1.82, 2.24) is 10.6 Å². The van der Waals surface area contributed by atoms with Crippen LogP contribution in [-0.4, -0.2) is 83.5 Å². The van der Waals surface area contributed by atoms with Crippen molar-refractivity contribution in [3.8, 4) is 11.1 Å². The van der Waals surface area contributed by atoms with Crippen LogP contribution >= 0.6 is 0 Å². The number of ether oxygens (including phenoxy) is 5. The molecule has 0 saturated heterocycles. The zero-order chi connectivity index (χ0) is 32.7. The molecule has 3 aromatic carbocycles. The van der Waals surface area contributed by atoms with Gasteiger partial charge < -0.3 is 34.3 Å². The lowest BCUT2D eigenvalue weighted by Crippen LogP contribution is -2.34. The minimum atomic E-state index is -4.39. The Bertz CT molecular complexity index is 1360. The highest BCUT2D eigenvalue weighted by atomic mass is 19.4. The summed E-state index contributed by atoms with van der Waals surface area (Å²) in [6.45, 7) is 9.10. The summed E-state index contributed by atoms with van der Waals surface area (Å²) in [6.07, 6.45) is -4.87. The van der Waals surface area contributed by atoms with Gasteiger partial charge in [0.25, 0.3) is 5.91 Å². The predicted octanol–water partition coefficient (Wildman–Crippen LogP) is 5.85. The Morgan fingerprint density at radius 2 is 1.24 bits per heavy atom. The summed E-state index contributed by atoms with van der Waals surface area (Å²) in [6, 6.07) is 15.8. The normalized spacial score (nSPS) is 11.9. The van der Waals surface area contributed by atoms with Gasteiger partial charge in [-0.3, -0.25) is 4.79 Å². The molecule has 246 valence electrons. The van der Waals surface area contributed by atoms with Gasteiger partial charge in [0.1, 0.15) is 5.60 Å². The van der Waals surface area contributed by atoms with Gasteiger partial charge in [-0.25, -0.2) is 4.79 Å². The molecular formula is C33H41F3N2O7. The molecule has 0 heterocycles. The van der Waals surface area contributed by atoms with E-state index in [1.54, 1.807) is 39.0 Å². The van der Waals surface area contributed by atoms with Crippen LogP contribution in [0.25, 0.3) is 21.9 Å². The number of halogens is 3. The summed E-state index contributed by atoms with van der Waals surface area (Å²) < 4.78 is 65.7. The molecule has 0 aliphatic carbocycles. The van der Waals surface area contributed by atoms with Gasteiger partial charge in [0.05, 0.1) is 58.4 Å². The second-order valence-electron chi connectivity index (χ2n) is 11.0. The maximum atomic E-state index is 12.9. The second kappa shape index (κ2) is 17.7. The van der Waals surface area contributed by atoms with Crippen molar-refractivity contribution in [3.63, 3.8) is 0 Å². The van der Waals surface area contributed by atoms with E-state index in [-0.39, 0.29) is 5.91 Å². The largest absolute Gasteiger partial charge is 0.444 e. The lowest BCUT2D eigenvalue weighted by molar-refractivity contribution is -0.137. The third-order valence-corrected chi connectivity index (χ3v) is 6.23. The van der Waals surface area contributed by atoms with Gasteiger partial charge in [0.2, 0.25) is 0 Å². The Balaban J connectivity index is 1.23. The molecule has 2 N–H and O–H groups in total. The van der Waals surface area contributed by atoms with Crippen molar-refractivity contribution in [2.45, 2.75) is 32.5 Å². The van der Waals surface area contributed by atoms with E-state index in [4.69, 9.17) is 23.7 Å². The SMILES string of the molecule is CC(C)(C)OC(=O)NCCOCCOCCOCCOCCNC(=O)c1ccc2c(-c3ccc(C(F)(F)F)cc3)cccc2c1. The summed E-state index contributed by atoms with van der Waals surface area (Å²) in [5, 5.41) is 7.06. The van der Waals surface area contributed by atoms with E-state index in [1.807, 2.05) is 18.2 Å². The number of fused-ring (bicyclic) bond motifs is 1. The third kappa shape index (κ3) is 13.0. The fourth-order valence-corrected chi connectivity index (χ4v) is 4.16. The molecule has 45 heavy (non-hydrogen) atoms. The molecule has 0 fully saturated rings. The predicted molar refractivity (Wildman–Crippen MR) is 164 cm³/mol. The number of alkyl carbamates (subject to hydrolysis) is 1. The Labute approximate surface area is 261 Å². The van der Waals surface area contributed by atoms with Crippen molar-refractivity contribution >= 4 is 22.8 Å². The van der Waals surface area contributed by atoms with E-state index in [9.17, 15) is 22.8 Å². The molecule has 0 bridgehead atoms. The van der Waals surface area contributed by atoms with Crippen LogP contribution < -0.4 is 10.6 Å². The highest BCUT2D eigenvalue weighted by Crippen LogP contribution is 2.33. The minimum Gasteiger partial charge on any atom is -0.444 e. The third-order valence-electron chi connectivity index (χ3n) is 6.23. The van der Waals surface area contributed by atoms with Crippen LogP contribution in [0.2, 0.25) is 0 Å². The molecular weight excluding hydrogens is 593 g/mol. The minimum absolute atomic E-state index is 0.253. The number of benzene rings is 3. The highest BCUT2D eigenvalue weighted by molar-refractivity contribution is 6.02. The number of amides is 2. The van der Waals surface area contributed by atoms with Gasteiger partial charge >= 0.3 is 12.3 Å². The van der Waals surface area contributed by atoms with Gasteiger partial charge in [-0.15, -0.1) is 0 Å². The average Bonchev–Trinajstić information content (AvgIpc) is 2.99. The second-order valence-corrected chi connectivity index (χ2v) is 11.0. The van der Waals surface area contributed by atoms with Crippen molar-refractivity contribution in [1.29, 1.82) is 0 Å². The first-order chi connectivity index (χ1) is 21.4. The van der Waals surface area contributed by atoms with Gasteiger partial charge in [-0.1, -0.05) is 36.4 Å². The van der Waals surface area contributed by atoms with Crippen LogP contribution in [0.5, 0.6) is 0 Å². The number of carbonyl (C=O) groups is 2. The van der Waals surface area contributed by atoms with E-state index >= 15 is 0 Å². The molecule has 3 rings (SSSR count). The van der Waals surface area contributed by atoms with Crippen LogP contribution in [0.3, 0.4) is 0 Å². The standard InChI is InChI=1S/C33H41F3N2O7/c1-32(2,3)45-31(40)38-14-16-42-18-20-44-22-21-43-19-17-41-15-13-37-30(39)26-9-12-29-25(23-26)5-4-6-28(29)24-7-10-27(11-8-24)33(34,35)36/h4-12,23H,13-22H2,1-3H3,(H,37,39)(H,38,40). The summed E-state index contributed by atoms with van der Waals surface area (Å²) in [7, 11) is 0. The number of carbonyl (C=O) groups excluding carboxylic acids is 2. The fraction of sp³-hybridized carbons (Fsp3) is 0.455. The number of alkyl halides is 3. The number of nitrogens with one attached hydrogen (secondary N) is 2. The van der Waals surface area contributed by atoms with E-state index in [1.165, 1.54) is 12.1 Å². The maximum absolute atomic E-state index is 12.9. The lowest BCUT2D eigenvalue weighted by Gasteiger charge is -2.19. The molecule has 0 aliphatic rings. The van der Waals surface area contributed by atoms with E-state index in [2.05, 4.69) is 10.6 Å². The molecule has 0 aromatic heterocycles. The van der Waals surface area contributed by atoms with E-state index < -0.39 is 23.4 Å². The molecule has 3 aromatic rings. The van der Waals surface area contributed by atoms with Crippen molar-refractivity contribution < 1.29 is 46.4 Å². The molecule has 0 spiro atoms. The first-order valence-electron chi connectivity index (χ1n) is 14.7. The Morgan fingerprint density at radius 3 is 1.80 bits per heavy atom. The number of rotatable bonds is 17. The van der Waals surface area contributed by atoms with Gasteiger partial charge in [-0.2, -0.15) is 13.2 Å². The number of hydrogen-bond donors (Lipinski definition) is 2. The van der Waals surface area contributed by atoms with Gasteiger partial charge in [0.15, 0.2) is 0 Å². The first-order valence-corrected chi connectivity index (χ1v) is 14.7. The topological polar surface area (TPSA) is 104 Å². The molecule has 12 heteroatoms. The Morgan fingerprint density at radius 1 is 0.689 bits per heavy atom. The van der Waals surface area contributed by atoms with Crippen LogP contribution in [-0.2, 0) is 29.9 Å². The van der Waals surface area contributed by atoms with Crippen LogP contribution in [0.15, 0.2) is 60.7 Å². The van der Waals surface area contributed by atoms with Crippen molar-refractivity contribution in [2.75, 3.05) is 65.9 Å². The summed E-state index contributed by atoms with van der Waals surface area (Å²) in [5.74, 6) is -0.253. The molecule has 2 amide bonds. The van der Waals surface area contributed by atoms with Gasteiger partial charge in [-0.05, 0) is 66.9 Å². The lowest BCUT2D eigenvalue weighted by atomic mass is 9.96. The zero-order valence-electron chi connectivity index (χ0n) is 25.8. The highest BCUT2D eigenvalue weighted by Gasteiger charge is 2.30. The monoisotopic (exact) mass is 634 g/mol. The van der Waals surface area contributed by atoms with Crippen molar-refractivity contribution in [2.24, 2.45) is 0 Å². The smallest absolute Gasteiger partial charge is 0.416 e. The summed E-state index contributed by atoms with van der Waals surface area (Å²) in [5.41, 5.74) is 0.678. The summed E-state index contributed by atoms with van der Waals surface area (Å²) >= 11 is 0. The van der Waals surface area contributed by atoms with E-state index in [0.717, 1.165) is 28.5 Å². The first kappa shape index (κ1) is 35.8. The number of hydrogen-bond acceptors (Lipinski definition) is 7. The maximum Gasteiger partial charge on any atom is 0.416 e. The average molecular weight is 635 g/mol.